The monoisotopic (exact) mass is 448 g/mol. The van der Waals surface area contributed by atoms with E-state index in [1.807, 2.05) is 0 Å². The Morgan fingerprint density at radius 3 is 2.36 bits per heavy atom. The zero-order chi connectivity index (χ0) is 20.4. The van der Waals surface area contributed by atoms with E-state index < -0.39 is 11.9 Å². The maximum Gasteiger partial charge on any atom is 0.343 e. The van der Waals surface area contributed by atoms with Crippen LogP contribution in [0.2, 0.25) is 0 Å². The fourth-order valence-corrected chi connectivity index (χ4v) is 2.89. The summed E-state index contributed by atoms with van der Waals surface area (Å²) in [5.41, 5.74) is 0.563. The molecule has 2 aromatic carbocycles. The average Bonchev–Trinajstić information content (AvgIpc) is 2.69. The lowest BCUT2D eigenvalue weighted by Gasteiger charge is -2.11. The summed E-state index contributed by atoms with van der Waals surface area (Å²) in [5.74, 6) is -0.229. The van der Waals surface area contributed by atoms with Crippen LogP contribution < -0.4 is 9.47 Å². The van der Waals surface area contributed by atoms with Crippen LogP contribution in [-0.2, 0) is 4.74 Å². The summed E-state index contributed by atoms with van der Waals surface area (Å²) in [6.45, 7) is 4.78. The van der Waals surface area contributed by atoms with Crippen LogP contribution in [0.15, 0.2) is 46.9 Å². The molecule has 5 nitrogen and oxygen atoms in total. The van der Waals surface area contributed by atoms with Crippen molar-refractivity contribution in [2.75, 3.05) is 13.2 Å². The lowest BCUT2D eigenvalue weighted by molar-refractivity contribution is 0.0520. The van der Waals surface area contributed by atoms with Crippen LogP contribution in [0.3, 0.4) is 0 Å². The number of carbonyl (C=O) groups excluding carboxylic acids is 2. The Kier molecular flexibility index (Phi) is 9.01. The Labute approximate surface area is 174 Å². The van der Waals surface area contributed by atoms with E-state index in [9.17, 15) is 9.59 Å². The van der Waals surface area contributed by atoms with Gasteiger partial charge in [-0.3, -0.25) is 0 Å². The highest BCUT2D eigenvalue weighted by Gasteiger charge is 2.18. The lowest BCUT2D eigenvalue weighted by atomic mass is 10.2. The van der Waals surface area contributed by atoms with Gasteiger partial charge in [-0.15, -0.1) is 0 Å². The van der Waals surface area contributed by atoms with Crippen LogP contribution in [0, 0.1) is 0 Å². The van der Waals surface area contributed by atoms with Crippen molar-refractivity contribution in [1.29, 1.82) is 0 Å². The van der Waals surface area contributed by atoms with Gasteiger partial charge in [-0.1, -0.05) is 42.1 Å². The van der Waals surface area contributed by atoms with Crippen molar-refractivity contribution >= 4 is 27.9 Å². The number of esters is 2. The molecule has 0 amide bonds. The Balaban J connectivity index is 2.00. The van der Waals surface area contributed by atoms with E-state index in [0.29, 0.717) is 22.4 Å². The van der Waals surface area contributed by atoms with Gasteiger partial charge in [0.1, 0.15) is 17.1 Å². The van der Waals surface area contributed by atoms with Crippen LogP contribution in [0.25, 0.3) is 0 Å². The quantitative estimate of drug-likeness (QED) is 0.261. The second-order valence-electron chi connectivity index (χ2n) is 6.18. The molecule has 0 aliphatic rings. The van der Waals surface area contributed by atoms with Gasteiger partial charge in [-0.05, 0) is 55.8 Å². The van der Waals surface area contributed by atoms with Crippen molar-refractivity contribution in [3.8, 4) is 11.5 Å². The highest BCUT2D eigenvalue weighted by atomic mass is 79.9. The van der Waals surface area contributed by atoms with Crippen molar-refractivity contribution < 1.29 is 23.8 Å². The predicted octanol–water partition coefficient (Wildman–Crippen LogP) is 5.80. The SMILES string of the molecule is CCCCCCOc1ccc(C(=O)Oc2ccc(Br)cc2C(=O)OCC)cc1. The number of carbonyl (C=O) groups is 2. The summed E-state index contributed by atoms with van der Waals surface area (Å²) in [7, 11) is 0. The first-order valence-corrected chi connectivity index (χ1v) is 10.3. The molecule has 0 aromatic heterocycles. The van der Waals surface area contributed by atoms with Gasteiger partial charge in [0.05, 0.1) is 18.8 Å². The second kappa shape index (κ2) is 11.5. The zero-order valence-electron chi connectivity index (χ0n) is 16.2. The number of hydrogen-bond acceptors (Lipinski definition) is 5. The number of benzene rings is 2. The lowest BCUT2D eigenvalue weighted by Crippen LogP contribution is -2.13. The normalized spacial score (nSPS) is 10.4. The molecular formula is C22H25BrO5. The number of unbranched alkanes of at least 4 members (excludes halogenated alkanes) is 3. The summed E-state index contributed by atoms with van der Waals surface area (Å²) in [4.78, 5) is 24.5. The van der Waals surface area contributed by atoms with Crippen LogP contribution in [-0.4, -0.2) is 25.2 Å². The van der Waals surface area contributed by atoms with Crippen LogP contribution in [0.5, 0.6) is 11.5 Å². The minimum absolute atomic E-state index is 0.155. The Morgan fingerprint density at radius 2 is 1.68 bits per heavy atom. The van der Waals surface area contributed by atoms with E-state index in [1.54, 1.807) is 49.4 Å². The molecule has 2 rings (SSSR count). The highest BCUT2D eigenvalue weighted by molar-refractivity contribution is 9.10. The van der Waals surface area contributed by atoms with Gasteiger partial charge in [0.15, 0.2) is 0 Å². The third-order valence-corrected chi connectivity index (χ3v) is 4.49. The molecule has 0 radical (unpaired) electrons. The fraction of sp³-hybridized carbons (Fsp3) is 0.364. The standard InChI is InChI=1S/C22H25BrO5/c1-3-5-6-7-14-27-18-11-8-16(9-12-18)21(24)28-20-13-10-17(23)15-19(20)22(25)26-4-2/h8-13,15H,3-7,14H2,1-2H3. The van der Waals surface area contributed by atoms with Gasteiger partial charge in [-0.2, -0.15) is 0 Å². The summed E-state index contributed by atoms with van der Waals surface area (Å²) in [6, 6.07) is 11.6. The molecule has 0 saturated carbocycles. The number of ether oxygens (including phenoxy) is 3. The Morgan fingerprint density at radius 1 is 0.929 bits per heavy atom. The van der Waals surface area contributed by atoms with E-state index in [2.05, 4.69) is 22.9 Å². The van der Waals surface area contributed by atoms with E-state index in [-0.39, 0.29) is 17.9 Å². The third kappa shape index (κ3) is 6.68. The van der Waals surface area contributed by atoms with E-state index in [1.165, 1.54) is 12.8 Å². The predicted molar refractivity (Wildman–Crippen MR) is 111 cm³/mol. The number of halogens is 1. The molecule has 0 spiro atoms. The molecule has 28 heavy (non-hydrogen) atoms. The van der Waals surface area contributed by atoms with Gasteiger partial charge in [0.2, 0.25) is 0 Å². The van der Waals surface area contributed by atoms with Crippen LogP contribution in [0.4, 0.5) is 0 Å². The molecule has 2 aromatic rings. The summed E-state index contributed by atoms with van der Waals surface area (Å²) in [6.07, 6.45) is 4.56. The molecule has 0 heterocycles. The first-order chi connectivity index (χ1) is 13.5. The average molecular weight is 449 g/mol. The molecule has 0 N–H and O–H groups in total. The third-order valence-electron chi connectivity index (χ3n) is 4.00. The smallest absolute Gasteiger partial charge is 0.343 e. The maximum atomic E-state index is 12.4. The topological polar surface area (TPSA) is 61.8 Å². The molecule has 0 fully saturated rings. The molecule has 0 bridgehead atoms. The molecule has 6 heteroatoms. The van der Waals surface area contributed by atoms with E-state index >= 15 is 0 Å². The number of rotatable bonds is 10. The Hall–Kier alpha value is -2.34. The minimum atomic E-state index is -0.553. The van der Waals surface area contributed by atoms with E-state index in [0.717, 1.165) is 12.8 Å². The first kappa shape index (κ1) is 22.0. The van der Waals surface area contributed by atoms with Crippen molar-refractivity contribution in [3.05, 3.63) is 58.1 Å². The zero-order valence-corrected chi connectivity index (χ0v) is 17.8. The Bertz CT molecular complexity index is 786. The fourth-order valence-electron chi connectivity index (χ4n) is 2.52. The van der Waals surface area contributed by atoms with Crippen LogP contribution in [0.1, 0.15) is 60.2 Å². The second-order valence-corrected chi connectivity index (χ2v) is 7.10. The number of hydrogen-bond donors (Lipinski definition) is 0. The van der Waals surface area contributed by atoms with Crippen molar-refractivity contribution in [2.45, 2.75) is 39.5 Å². The molecule has 0 unspecified atom stereocenters. The molecule has 0 aliphatic carbocycles. The highest BCUT2D eigenvalue weighted by Crippen LogP contribution is 2.25. The summed E-state index contributed by atoms with van der Waals surface area (Å²) in [5, 5.41) is 0. The van der Waals surface area contributed by atoms with Crippen molar-refractivity contribution in [1.82, 2.24) is 0 Å². The van der Waals surface area contributed by atoms with Crippen LogP contribution >= 0.6 is 15.9 Å². The van der Waals surface area contributed by atoms with E-state index in [4.69, 9.17) is 14.2 Å². The largest absolute Gasteiger partial charge is 0.494 e. The van der Waals surface area contributed by atoms with Gasteiger partial charge < -0.3 is 14.2 Å². The van der Waals surface area contributed by atoms with Crippen molar-refractivity contribution in [2.24, 2.45) is 0 Å². The van der Waals surface area contributed by atoms with Crippen molar-refractivity contribution in [3.63, 3.8) is 0 Å². The maximum absolute atomic E-state index is 12.4. The van der Waals surface area contributed by atoms with Gasteiger partial charge in [-0.25, -0.2) is 9.59 Å². The molecule has 0 atom stereocenters. The van der Waals surface area contributed by atoms with Gasteiger partial charge in [0, 0.05) is 4.47 Å². The summed E-state index contributed by atoms with van der Waals surface area (Å²) >= 11 is 3.31. The van der Waals surface area contributed by atoms with Gasteiger partial charge in [0.25, 0.3) is 0 Å². The van der Waals surface area contributed by atoms with Gasteiger partial charge >= 0.3 is 11.9 Å². The first-order valence-electron chi connectivity index (χ1n) is 9.46. The molecular weight excluding hydrogens is 424 g/mol. The summed E-state index contributed by atoms with van der Waals surface area (Å²) < 4.78 is 16.8. The molecule has 0 saturated heterocycles. The molecule has 150 valence electrons. The molecule has 0 aliphatic heterocycles. The minimum Gasteiger partial charge on any atom is -0.494 e.